The molecule has 1 aliphatic carbocycles. The van der Waals surface area contributed by atoms with E-state index in [1.807, 2.05) is 24.3 Å². The number of halogens is 1. The second-order valence-corrected chi connectivity index (χ2v) is 8.37. The lowest BCUT2D eigenvalue weighted by Gasteiger charge is -2.10. The van der Waals surface area contributed by atoms with Crippen molar-refractivity contribution in [1.29, 1.82) is 0 Å². The van der Waals surface area contributed by atoms with E-state index in [2.05, 4.69) is 41.7 Å². The summed E-state index contributed by atoms with van der Waals surface area (Å²) in [4.78, 5) is 29.2. The van der Waals surface area contributed by atoms with E-state index in [1.165, 1.54) is 11.8 Å². The molecule has 4 rings (SSSR count). The van der Waals surface area contributed by atoms with E-state index in [9.17, 15) is 9.59 Å². The first-order chi connectivity index (χ1) is 14.1. The first kappa shape index (κ1) is 19.7. The molecule has 0 saturated heterocycles. The predicted octanol–water partition coefficient (Wildman–Crippen LogP) is 3.86. The molecule has 0 radical (unpaired) electrons. The minimum atomic E-state index is -0.228. The molecule has 0 atom stereocenters. The number of hydrogen-bond acceptors (Lipinski definition) is 5. The van der Waals surface area contributed by atoms with Gasteiger partial charge in [0.05, 0.1) is 17.0 Å². The Morgan fingerprint density at radius 1 is 1.14 bits per heavy atom. The minimum absolute atomic E-state index is 0.131. The molecule has 1 aliphatic rings. The first-order valence-corrected chi connectivity index (χ1v) is 10.9. The van der Waals surface area contributed by atoms with Crippen molar-refractivity contribution in [3.63, 3.8) is 0 Å². The van der Waals surface area contributed by atoms with Crippen LogP contribution < -0.4 is 10.6 Å². The second kappa shape index (κ2) is 8.79. The lowest BCUT2D eigenvalue weighted by molar-refractivity contribution is -0.113. The Morgan fingerprint density at radius 2 is 1.90 bits per heavy atom. The number of aromatic nitrogens is 3. The van der Waals surface area contributed by atoms with Crippen molar-refractivity contribution in [1.82, 2.24) is 20.5 Å². The summed E-state index contributed by atoms with van der Waals surface area (Å²) in [7, 11) is 0. The van der Waals surface area contributed by atoms with Crippen molar-refractivity contribution in [3.05, 3.63) is 58.6 Å². The van der Waals surface area contributed by atoms with Gasteiger partial charge in [0.1, 0.15) is 0 Å². The third-order valence-electron chi connectivity index (χ3n) is 4.28. The fourth-order valence-electron chi connectivity index (χ4n) is 2.68. The van der Waals surface area contributed by atoms with E-state index in [0.29, 0.717) is 22.2 Å². The van der Waals surface area contributed by atoms with Crippen molar-refractivity contribution < 1.29 is 9.59 Å². The van der Waals surface area contributed by atoms with E-state index in [0.717, 1.165) is 22.9 Å². The van der Waals surface area contributed by atoms with Crippen LogP contribution in [0.2, 0.25) is 0 Å². The van der Waals surface area contributed by atoms with Crippen LogP contribution >= 0.6 is 27.7 Å². The SMILES string of the molecule is O=C(CSc1n[nH]c(-c2ccccc2Br)n1)Nc1ccccc1C(=O)NC1CC1. The highest BCUT2D eigenvalue weighted by Crippen LogP contribution is 2.26. The summed E-state index contributed by atoms with van der Waals surface area (Å²) >= 11 is 4.71. The molecular formula is C20H18BrN5O2S. The van der Waals surface area contributed by atoms with Crippen LogP contribution in [-0.2, 0) is 4.79 Å². The summed E-state index contributed by atoms with van der Waals surface area (Å²) in [5, 5.41) is 13.3. The standard InChI is InChI=1S/C20H18BrN5O2S/c21-15-7-3-1-5-13(15)18-24-20(26-25-18)29-11-17(27)23-16-8-4-2-6-14(16)19(28)22-12-9-10-12/h1-8,12H,9-11H2,(H,22,28)(H,23,27)(H,24,25,26). The Bertz CT molecular complexity index is 1050. The molecule has 2 amide bonds. The molecule has 1 aromatic heterocycles. The number of carbonyl (C=O) groups is 2. The summed E-state index contributed by atoms with van der Waals surface area (Å²) in [5.74, 6) is 0.366. The fraction of sp³-hybridized carbons (Fsp3) is 0.200. The van der Waals surface area contributed by atoms with Crippen molar-refractivity contribution in [2.24, 2.45) is 0 Å². The van der Waals surface area contributed by atoms with Crippen molar-refractivity contribution >= 4 is 45.2 Å². The van der Waals surface area contributed by atoms with Crippen LogP contribution in [0, 0.1) is 0 Å². The van der Waals surface area contributed by atoms with Gasteiger partial charge >= 0.3 is 0 Å². The number of H-pyrrole nitrogens is 1. The zero-order valence-corrected chi connectivity index (χ0v) is 17.7. The van der Waals surface area contributed by atoms with Crippen LogP contribution in [0.5, 0.6) is 0 Å². The number of benzene rings is 2. The van der Waals surface area contributed by atoms with Gasteiger partial charge < -0.3 is 10.6 Å². The summed E-state index contributed by atoms with van der Waals surface area (Å²) in [5.41, 5.74) is 1.86. The van der Waals surface area contributed by atoms with Gasteiger partial charge in [-0.25, -0.2) is 4.98 Å². The lowest BCUT2D eigenvalue weighted by Crippen LogP contribution is -2.27. The maximum absolute atomic E-state index is 12.4. The average molecular weight is 472 g/mol. The van der Waals surface area contributed by atoms with Gasteiger partial charge in [-0.3, -0.25) is 14.7 Å². The number of para-hydroxylation sites is 1. The highest BCUT2D eigenvalue weighted by molar-refractivity contribution is 9.10. The highest BCUT2D eigenvalue weighted by Gasteiger charge is 2.25. The Kier molecular flexibility index (Phi) is 5.96. The highest BCUT2D eigenvalue weighted by atomic mass is 79.9. The van der Waals surface area contributed by atoms with Gasteiger partial charge in [-0.05, 0) is 31.0 Å². The molecule has 1 heterocycles. The third-order valence-corrected chi connectivity index (χ3v) is 5.82. The number of hydrogen-bond donors (Lipinski definition) is 3. The molecule has 0 unspecified atom stereocenters. The third kappa shape index (κ3) is 5.04. The smallest absolute Gasteiger partial charge is 0.253 e. The molecule has 9 heteroatoms. The molecule has 2 aromatic carbocycles. The zero-order chi connectivity index (χ0) is 20.2. The summed E-state index contributed by atoms with van der Waals surface area (Å²) in [6.45, 7) is 0. The van der Waals surface area contributed by atoms with Crippen LogP contribution in [-0.4, -0.2) is 38.8 Å². The molecule has 1 saturated carbocycles. The normalized spacial score (nSPS) is 13.1. The predicted molar refractivity (Wildman–Crippen MR) is 116 cm³/mol. The molecule has 29 heavy (non-hydrogen) atoms. The van der Waals surface area contributed by atoms with E-state index in [1.54, 1.807) is 24.3 Å². The Balaban J connectivity index is 1.36. The topological polar surface area (TPSA) is 99.8 Å². The van der Waals surface area contributed by atoms with Crippen molar-refractivity contribution in [2.45, 2.75) is 24.0 Å². The number of amides is 2. The van der Waals surface area contributed by atoms with Gasteiger partial charge in [-0.15, -0.1) is 5.10 Å². The Labute approximate surface area is 180 Å². The number of thioether (sulfide) groups is 1. The molecule has 0 aliphatic heterocycles. The van der Waals surface area contributed by atoms with Crippen LogP contribution in [0.1, 0.15) is 23.2 Å². The maximum Gasteiger partial charge on any atom is 0.253 e. The van der Waals surface area contributed by atoms with Gasteiger partial charge in [0.25, 0.3) is 5.91 Å². The molecular weight excluding hydrogens is 454 g/mol. The molecule has 0 bridgehead atoms. The summed E-state index contributed by atoms with van der Waals surface area (Å²) in [6, 6.07) is 14.9. The number of rotatable bonds is 7. The first-order valence-electron chi connectivity index (χ1n) is 9.10. The van der Waals surface area contributed by atoms with Gasteiger partial charge in [-0.1, -0.05) is 58.0 Å². The Morgan fingerprint density at radius 3 is 2.69 bits per heavy atom. The van der Waals surface area contributed by atoms with E-state index < -0.39 is 0 Å². The number of aromatic amines is 1. The van der Waals surface area contributed by atoms with E-state index in [-0.39, 0.29) is 23.6 Å². The largest absolute Gasteiger partial charge is 0.349 e. The molecule has 1 fully saturated rings. The van der Waals surface area contributed by atoms with E-state index >= 15 is 0 Å². The van der Waals surface area contributed by atoms with Gasteiger partial charge in [-0.2, -0.15) is 0 Å². The molecule has 148 valence electrons. The van der Waals surface area contributed by atoms with Crippen molar-refractivity contribution in [2.75, 3.05) is 11.1 Å². The fourth-order valence-corrected chi connectivity index (χ4v) is 3.75. The van der Waals surface area contributed by atoms with Crippen LogP contribution in [0.25, 0.3) is 11.4 Å². The number of nitrogens with one attached hydrogen (secondary N) is 3. The molecule has 7 nitrogen and oxygen atoms in total. The molecule has 3 N–H and O–H groups in total. The van der Waals surface area contributed by atoms with Crippen LogP contribution in [0.4, 0.5) is 5.69 Å². The lowest BCUT2D eigenvalue weighted by atomic mass is 10.1. The zero-order valence-electron chi connectivity index (χ0n) is 15.3. The summed E-state index contributed by atoms with van der Waals surface area (Å²) < 4.78 is 0.909. The average Bonchev–Trinajstić information content (AvgIpc) is 3.41. The number of anilines is 1. The van der Waals surface area contributed by atoms with Crippen LogP contribution in [0.3, 0.4) is 0 Å². The number of carbonyl (C=O) groups excluding carboxylic acids is 2. The minimum Gasteiger partial charge on any atom is -0.349 e. The summed E-state index contributed by atoms with van der Waals surface area (Å²) in [6.07, 6.45) is 2.02. The monoisotopic (exact) mass is 471 g/mol. The molecule has 0 spiro atoms. The number of nitrogens with zero attached hydrogens (tertiary/aromatic N) is 2. The van der Waals surface area contributed by atoms with Gasteiger partial charge in [0.2, 0.25) is 11.1 Å². The maximum atomic E-state index is 12.4. The van der Waals surface area contributed by atoms with Gasteiger partial charge in [0.15, 0.2) is 5.82 Å². The quantitative estimate of drug-likeness (QED) is 0.454. The van der Waals surface area contributed by atoms with Crippen molar-refractivity contribution in [3.8, 4) is 11.4 Å². The second-order valence-electron chi connectivity index (χ2n) is 6.58. The van der Waals surface area contributed by atoms with E-state index in [4.69, 9.17) is 0 Å². The molecule has 3 aromatic rings. The Hall–Kier alpha value is -2.65. The van der Waals surface area contributed by atoms with Gasteiger partial charge in [0, 0.05) is 16.1 Å². The van der Waals surface area contributed by atoms with Crippen LogP contribution in [0.15, 0.2) is 58.2 Å².